The number of aryl methyl sites for hydroxylation is 1. The van der Waals surface area contributed by atoms with Crippen molar-refractivity contribution in [3.05, 3.63) is 69.9 Å². The quantitative estimate of drug-likeness (QED) is 0.423. The van der Waals surface area contributed by atoms with Gasteiger partial charge in [0, 0.05) is 22.2 Å². The van der Waals surface area contributed by atoms with Crippen LogP contribution in [-0.2, 0) is 4.74 Å². The number of ether oxygens (including phenoxy) is 1. The summed E-state index contributed by atoms with van der Waals surface area (Å²) in [6.07, 6.45) is 0. The smallest absolute Gasteiger partial charge is 0.340 e. The molecule has 1 N–H and O–H groups in total. The van der Waals surface area contributed by atoms with E-state index in [1.54, 1.807) is 19.1 Å². The molecule has 1 aromatic heterocycles. The topological polar surface area (TPSA) is 59.2 Å². The van der Waals surface area contributed by atoms with E-state index in [4.69, 9.17) is 16.3 Å². The van der Waals surface area contributed by atoms with Crippen LogP contribution in [0.3, 0.4) is 0 Å². The average molecular weight is 364 g/mol. The number of Topliss-reactive ketones (excluding diaryl/α,β-unsaturated/α-hetero) is 1. The van der Waals surface area contributed by atoms with E-state index in [0.29, 0.717) is 28.8 Å². The van der Waals surface area contributed by atoms with E-state index in [-0.39, 0.29) is 10.6 Å². The Labute approximate surface area is 146 Å². The normalized spacial score (nSPS) is 10.9. The van der Waals surface area contributed by atoms with Crippen LogP contribution in [0.1, 0.15) is 26.4 Å². The molecule has 0 saturated heterocycles. The highest BCUT2D eigenvalue weighted by Gasteiger charge is 2.20. The van der Waals surface area contributed by atoms with E-state index < -0.39 is 30.0 Å². The van der Waals surface area contributed by atoms with Crippen molar-refractivity contribution < 1.29 is 23.1 Å². The molecule has 25 heavy (non-hydrogen) atoms. The third-order valence-corrected chi connectivity index (χ3v) is 4.05. The summed E-state index contributed by atoms with van der Waals surface area (Å²) in [6.45, 7) is 1.19. The van der Waals surface area contributed by atoms with Crippen LogP contribution in [0, 0.1) is 18.6 Å². The highest BCUT2D eigenvalue weighted by molar-refractivity contribution is 6.33. The van der Waals surface area contributed by atoms with Crippen molar-refractivity contribution >= 4 is 34.3 Å². The monoisotopic (exact) mass is 363 g/mol. The van der Waals surface area contributed by atoms with Crippen LogP contribution in [0.25, 0.3) is 10.9 Å². The van der Waals surface area contributed by atoms with E-state index >= 15 is 0 Å². The number of para-hydroxylation sites is 1. The fraction of sp³-hybridized carbons (Fsp3) is 0.111. The van der Waals surface area contributed by atoms with E-state index in [2.05, 4.69) is 4.98 Å². The summed E-state index contributed by atoms with van der Waals surface area (Å²) in [5.74, 6) is -3.82. The van der Waals surface area contributed by atoms with Crippen molar-refractivity contribution in [3.8, 4) is 0 Å². The lowest BCUT2D eigenvalue weighted by molar-refractivity contribution is 0.0474. The lowest BCUT2D eigenvalue weighted by Crippen LogP contribution is -2.15. The molecular formula is C18H12ClF2NO3. The first kappa shape index (κ1) is 17.1. The third-order valence-electron chi connectivity index (χ3n) is 3.74. The molecule has 3 aromatic rings. The third kappa shape index (κ3) is 3.25. The number of halogens is 3. The van der Waals surface area contributed by atoms with E-state index in [1.165, 1.54) is 0 Å². The summed E-state index contributed by atoms with van der Waals surface area (Å²) in [4.78, 5) is 27.5. The minimum Gasteiger partial charge on any atom is -0.454 e. The lowest BCUT2D eigenvalue weighted by atomic mass is 10.1. The molecule has 0 amide bonds. The molecule has 4 nitrogen and oxygen atoms in total. The van der Waals surface area contributed by atoms with Crippen molar-refractivity contribution in [2.75, 3.05) is 6.61 Å². The van der Waals surface area contributed by atoms with E-state index in [9.17, 15) is 18.4 Å². The molecule has 7 heteroatoms. The van der Waals surface area contributed by atoms with Gasteiger partial charge in [-0.25, -0.2) is 13.6 Å². The highest BCUT2D eigenvalue weighted by Crippen LogP contribution is 2.23. The average Bonchev–Trinajstić information content (AvgIpc) is 2.91. The maximum absolute atomic E-state index is 13.3. The van der Waals surface area contributed by atoms with Gasteiger partial charge in [-0.2, -0.15) is 0 Å². The molecule has 0 fully saturated rings. The number of esters is 1. The zero-order chi connectivity index (χ0) is 18.1. The number of nitrogens with one attached hydrogen (secondary N) is 1. The summed E-state index contributed by atoms with van der Waals surface area (Å²) < 4.78 is 31.2. The Morgan fingerprint density at radius 3 is 2.60 bits per heavy atom. The fourth-order valence-electron chi connectivity index (χ4n) is 2.60. The second kappa shape index (κ2) is 6.64. The molecule has 0 radical (unpaired) electrons. The Kier molecular flexibility index (Phi) is 4.55. The van der Waals surface area contributed by atoms with Gasteiger partial charge in [0.25, 0.3) is 0 Å². The van der Waals surface area contributed by atoms with Gasteiger partial charge in [-0.15, -0.1) is 0 Å². The van der Waals surface area contributed by atoms with Gasteiger partial charge in [0.1, 0.15) is 0 Å². The van der Waals surface area contributed by atoms with Crippen LogP contribution in [0.5, 0.6) is 0 Å². The maximum Gasteiger partial charge on any atom is 0.340 e. The number of aromatic nitrogens is 1. The number of hydrogen-bond acceptors (Lipinski definition) is 3. The Bertz CT molecular complexity index is 997. The first-order valence-electron chi connectivity index (χ1n) is 7.30. The zero-order valence-corrected chi connectivity index (χ0v) is 13.8. The number of carbonyl (C=O) groups is 2. The molecule has 0 unspecified atom stereocenters. The number of H-pyrrole nitrogens is 1. The Morgan fingerprint density at radius 1 is 1.16 bits per heavy atom. The molecule has 3 rings (SSSR count). The minimum atomic E-state index is -1.23. The summed E-state index contributed by atoms with van der Waals surface area (Å²) in [6, 6.07) is 8.55. The van der Waals surface area contributed by atoms with Gasteiger partial charge >= 0.3 is 5.97 Å². The molecule has 1 heterocycles. The molecular weight excluding hydrogens is 352 g/mol. The fourth-order valence-corrected chi connectivity index (χ4v) is 2.82. The van der Waals surface area contributed by atoms with Crippen LogP contribution in [-0.4, -0.2) is 23.3 Å². The van der Waals surface area contributed by atoms with Gasteiger partial charge in [0.15, 0.2) is 18.2 Å². The van der Waals surface area contributed by atoms with Gasteiger partial charge in [0.05, 0.1) is 10.6 Å². The Morgan fingerprint density at radius 2 is 1.84 bits per heavy atom. The zero-order valence-electron chi connectivity index (χ0n) is 13.0. The number of fused-ring (bicyclic) bond motifs is 1. The van der Waals surface area contributed by atoms with Gasteiger partial charge in [-0.3, -0.25) is 4.79 Å². The summed E-state index contributed by atoms with van der Waals surface area (Å²) in [5, 5.41) is 0.423. The second-order valence-electron chi connectivity index (χ2n) is 5.42. The van der Waals surface area contributed by atoms with Crippen LogP contribution >= 0.6 is 11.6 Å². The molecule has 0 bridgehead atoms. The summed E-state index contributed by atoms with van der Waals surface area (Å²) >= 11 is 5.72. The first-order chi connectivity index (χ1) is 11.9. The molecule has 128 valence electrons. The van der Waals surface area contributed by atoms with Crippen molar-refractivity contribution in [1.29, 1.82) is 0 Å². The number of carbonyl (C=O) groups excluding carboxylic acids is 2. The molecule has 0 spiro atoms. The molecule has 0 aliphatic rings. The lowest BCUT2D eigenvalue weighted by Gasteiger charge is -2.07. The van der Waals surface area contributed by atoms with Crippen molar-refractivity contribution in [2.45, 2.75) is 6.92 Å². The molecule has 0 aliphatic carbocycles. The Balaban J connectivity index is 1.79. The van der Waals surface area contributed by atoms with Crippen LogP contribution in [0.15, 0.2) is 36.4 Å². The Hall–Kier alpha value is -2.73. The molecule has 2 aromatic carbocycles. The van der Waals surface area contributed by atoms with Gasteiger partial charge < -0.3 is 9.72 Å². The number of aromatic amines is 1. The summed E-state index contributed by atoms with van der Waals surface area (Å²) in [5.41, 5.74) is 1.51. The summed E-state index contributed by atoms with van der Waals surface area (Å²) in [7, 11) is 0. The predicted molar refractivity (Wildman–Crippen MR) is 89.0 cm³/mol. The SMILES string of the molecule is Cc1[nH]c2ccccc2c1C(=O)COC(=O)c1cc(F)c(F)cc1Cl. The number of benzene rings is 2. The van der Waals surface area contributed by atoms with Gasteiger partial charge in [0.2, 0.25) is 5.78 Å². The molecule has 0 aliphatic heterocycles. The number of rotatable bonds is 4. The van der Waals surface area contributed by atoms with Gasteiger partial charge in [-0.05, 0) is 25.1 Å². The largest absolute Gasteiger partial charge is 0.454 e. The highest BCUT2D eigenvalue weighted by atomic mass is 35.5. The van der Waals surface area contributed by atoms with Crippen LogP contribution in [0.4, 0.5) is 8.78 Å². The van der Waals surface area contributed by atoms with Crippen molar-refractivity contribution in [3.63, 3.8) is 0 Å². The van der Waals surface area contributed by atoms with E-state index in [0.717, 1.165) is 5.52 Å². The van der Waals surface area contributed by atoms with Crippen LogP contribution < -0.4 is 0 Å². The predicted octanol–water partition coefficient (Wildman–Crippen LogP) is 4.45. The van der Waals surface area contributed by atoms with Gasteiger partial charge in [-0.1, -0.05) is 29.8 Å². The van der Waals surface area contributed by atoms with Crippen molar-refractivity contribution in [2.24, 2.45) is 0 Å². The van der Waals surface area contributed by atoms with E-state index in [1.807, 2.05) is 12.1 Å². The van der Waals surface area contributed by atoms with Crippen LogP contribution in [0.2, 0.25) is 5.02 Å². The molecule has 0 saturated carbocycles. The standard InChI is InChI=1S/C18H12ClF2NO3/c1-9-17(10-4-2-3-5-15(10)22-9)16(23)8-25-18(24)11-6-13(20)14(21)7-12(11)19/h2-7,22H,8H2,1H3. The number of hydrogen-bond donors (Lipinski definition) is 1. The minimum absolute atomic E-state index is 0.292. The first-order valence-corrected chi connectivity index (χ1v) is 7.68. The van der Waals surface area contributed by atoms with Crippen molar-refractivity contribution in [1.82, 2.24) is 4.98 Å². The number of ketones is 1. The maximum atomic E-state index is 13.3. The second-order valence-corrected chi connectivity index (χ2v) is 5.82. The molecule has 0 atom stereocenters.